The second-order valence-electron chi connectivity index (χ2n) is 6.28. The third-order valence-corrected chi connectivity index (χ3v) is 4.38. The van der Waals surface area contributed by atoms with Crippen molar-refractivity contribution < 1.29 is 14.0 Å². The van der Waals surface area contributed by atoms with Crippen LogP contribution in [-0.2, 0) is 11.3 Å². The third-order valence-electron chi connectivity index (χ3n) is 4.38. The number of fused-ring (bicyclic) bond motifs is 3. The number of rotatable bonds is 5. The largest absolute Gasteiger partial charge is 0.467 e. The lowest BCUT2D eigenvalue weighted by atomic mass is 10.1. The summed E-state index contributed by atoms with van der Waals surface area (Å²) in [6.07, 6.45) is 3.17. The average molecular weight is 362 g/mol. The number of aromatic nitrogens is 2. The van der Waals surface area contributed by atoms with Crippen LogP contribution < -0.4 is 10.6 Å². The molecule has 0 aliphatic rings. The van der Waals surface area contributed by atoms with Gasteiger partial charge in [0.05, 0.1) is 24.5 Å². The van der Waals surface area contributed by atoms with Crippen LogP contribution in [0.3, 0.4) is 0 Å². The predicted molar refractivity (Wildman–Crippen MR) is 101 cm³/mol. The van der Waals surface area contributed by atoms with Crippen LogP contribution in [-0.4, -0.2) is 27.8 Å². The van der Waals surface area contributed by atoms with E-state index in [-0.39, 0.29) is 18.1 Å². The molecule has 0 aliphatic heterocycles. The molecule has 136 valence electrons. The normalized spacial score (nSPS) is 12.2. The topological polar surface area (TPSA) is 100 Å². The first-order valence-corrected chi connectivity index (χ1v) is 8.59. The molecule has 4 rings (SSSR count). The Labute approximate surface area is 154 Å². The van der Waals surface area contributed by atoms with Gasteiger partial charge in [-0.05, 0) is 31.2 Å². The molecule has 3 aromatic heterocycles. The minimum absolute atomic E-state index is 0.262. The SMILES string of the molecule is CC(NC(=O)c1cc2c(cn1)[nH]c1ccccc12)C(=O)NCc1ccco1. The maximum atomic E-state index is 12.5. The van der Waals surface area contributed by atoms with Gasteiger partial charge < -0.3 is 20.0 Å². The van der Waals surface area contributed by atoms with E-state index >= 15 is 0 Å². The number of furan rings is 1. The van der Waals surface area contributed by atoms with Gasteiger partial charge in [-0.15, -0.1) is 0 Å². The van der Waals surface area contributed by atoms with Gasteiger partial charge in [-0.2, -0.15) is 0 Å². The number of hydrogen-bond acceptors (Lipinski definition) is 4. The number of para-hydroxylation sites is 1. The summed E-state index contributed by atoms with van der Waals surface area (Å²) in [5.41, 5.74) is 2.10. The van der Waals surface area contributed by atoms with Crippen LogP contribution in [0.15, 0.2) is 59.3 Å². The highest BCUT2D eigenvalue weighted by atomic mass is 16.3. The molecule has 0 fully saturated rings. The molecule has 0 bridgehead atoms. The van der Waals surface area contributed by atoms with Crippen LogP contribution >= 0.6 is 0 Å². The molecule has 27 heavy (non-hydrogen) atoms. The lowest BCUT2D eigenvalue weighted by molar-refractivity contribution is -0.122. The zero-order valence-corrected chi connectivity index (χ0v) is 14.7. The minimum Gasteiger partial charge on any atom is -0.467 e. The summed E-state index contributed by atoms with van der Waals surface area (Å²) in [6.45, 7) is 1.89. The van der Waals surface area contributed by atoms with Gasteiger partial charge in [0, 0.05) is 16.3 Å². The molecule has 0 spiro atoms. The number of benzene rings is 1. The summed E-state index contributed by atoms with van der Waals surface area (Å²) >= 11 is 0. The molecule has 0 saturated carbocycles. The van der Waals surface area contributed by atoms with Crippen molar-refractivity contribution in [2.24, 2.45) is 0 Å². The summed E-state index contributed by atoms with van der Waals surface area (Å²) in [6, 6.07) is 12.4. The molecule has 4 aromatic rings. The molecule has 0 saturated heterocycles. The first kappa shape index (κ1) is 16.8. The van der Waals surface area contributed by atoms with E-state index in [1.54, 1.807) is 37.6 Å². The summed E-state index contributed by atoms with van der Waals surface area (Å²) in [4.78, 5) is 32.1. The van der Waals surface area contributed by atoms with E-state index in [0.717, 1.165) is 21.8 Å². The van der Waals surface area contributed by atoms with Gasteiger partial charge >= 0.3 is 0 Å². The zero-order valence-electron chi connectivity index (χ0n) is 14.7. The molecule has 2 amide bonds. The number of hydrogen-bond donors (Lipinski definition) is 3. The third kappa shape index (κ3) is 3.39. The Kier molecular flexibility index (Phi) is 4.33. The molecule has 0 aliphatic carbocycles. The Balaban J connectivity index is 1.47. The Hall–Kier alpha value is -3.61. The minimum atomic E-state index is -0.701. The summed E-state index contributed by atoms with van der Waals surface area (Å²) in [7, 11) is 0. The van der Waals surface area contributed by atoms with Crippen molar-refractivity contribution in [2.45, 2.75) is 19.5 Å². The second kappa shape index (κ2) is 6.95. The van der Waals surface area contributed by atoms with Gasteiger partial charge in [0.1, 0.15) is 17.5 Å². The van der Waals surface area contributed by atoms with Crippen LogP contribution in [0.5, 0.6) is 0 Å². The van der Waals surface area contributed by atoms with Crippen LogP contribution in [0.4, 0.5) is 0 Å². The smallest absolute Gasteiger partial charge is 0.270 e. The number of nitrogens with one attached hydrogen (secondary N) is 3. The van der Waals surface area contributed by atoms with E-state index in [1.807, 2.05) is 24.3 Å². The van der Waals surface area contributed by atoms with Crippen molar-refractivity contribution in [2.75, 3.05) is 0 Å². The Bertz CT molecular complexity index is 1110. The fourth-order valence-corrected chi connectivity index (χ4v) is 2.95. The van der Waals surface area contributed by atoms with Crippen molar-refractivity contribution in [3.8, 4) is 0 Å². The number of amides is 2. The number of H-pyrrole nitrogens is 1. The zero-order chi connectivity index (χ0) is 18.8. The molecule has 0 radical (unpaired) electrons. The standard InChI is InChI=1S/C20H18N4O3/c1-12(19(25)22-10-13-5-4-8-27-13)23-20(26)17-9-15-14-6-2-3-7-16(14)24-18(15)11-21-17/h2-9,11-12,24H,10H2,1H3,(H,22,25)(H,23,26). The van der Waals surface area contributed by atoms with Crippen molar-refractivity contribution in [3.63, 3.8) is 0 Å². The van der Waals surface area contributed by atoms with Crippen LogP contribution in [0.25, 0.3) is 21.8 Å². The number of carbonyl (C=O) groups is 2. The number of pyridine rings is 1. The van der Waals surface area contributed by atoms with Crippen molar-refractivity contribution in [1.82, 2.24) is 20.6 Å². The van der Waals surface area contributed by atoms with Crippen LogP contribution in [0.1, 0.15) is 23.2 Å². The predicted octanol–water partition coefficient (Wildman–Crippen LogP) is 2.74. The lowest BCUT2D eigenvalue weighted by Crippen LogP contribution is -2.44. The molecule has 7 heteroatoms. The first-order valence-electron chi connectivity index (χ1n) is 8.59. The highest BCUT2D eigenvalue weighted by Crippen LogP contribution is 2.24. The molecular weight excluding hydrogens is 344 g/mol. The summed E-state index contributed by atoms with van der Waals surface area (Å²) in [5, 5.41) is 7.33. The van der Waals surface area contributed by atoms with E-state index in [4.69, 9.17) is 4.42 Å². The maximum absolute atomic E-state index is 12.5. The maximum Gasteiger partial charge on any atom is 0.270 e. The van der Waals surface area contributed by atoms with Crippen molar-refractivity contribution >= 4 is 33.6 Å². The highest BCUT2D eigenvalue weighted by Gasteiger charge is 2.18. The summed E-state index contributed by atoms with van der Waals surface area (Å²) in [5.74, 6) is -0.0518. The number of nitrogens with zero attached hydrogens (tertiary/aromatic N) is 1. The Morgan fingerprint density at radius 2 is 2.00 bits per heavy atom. The molecule has 1 aromatic carbocycles. The fourth-order valence-electron chi connectivity index (χ4n) is 2.95. The average Bonchev–Trinajstić information content (AvgIpc) is 3.32. The second-order valence-corrected chi connectivity index (χ2v) is 6.28. The van der Waals surface area contributed by atoms with E-state index in [2.05, 4.69) is 20.6 Å². The molecule has 3 N–H and O–H groups in total. The van der Waals surface area contributed by atoms with E-state index in [1.165, 1.54) is 0 Å². The quantitative estimate of drug-likeness (QED) is 0.508. The van der Waals surface area contributed by atoms with Crippen molar-refractivity contribution in [1.29, 1.82) is 0 Å². The Morgan fingerprint density at radius 1 is 1.15 bits per heavy atom. The van der Waals surface area contributed by atoms with Gasteiger partial charge in [0.2, 0.25) is 5.91 Å². The van der Waals surface area contributed by atoms with E-state index < -0.39 is 11.9 Å². The number of carbonyl (C=O) groups excluding carboxylic acids is 2. The van der Waals surface area contributed by atoms with E-state index in [0.29, 0.717) is 5.76 Å². The van der Waals surface area contributed by atoms with Gasteiger partial charge in [-0.25, -0.2) is 4.98 Å². The highest BCUT2D eigenvalue weighted by molar-refractivity contribution is 6.09. The lowest BCUT2D eigenvalue weighted by Gasteiger charge is -2.13. The van der Waals surface area contributed by atoms with Crippen LogP contribution in [0.2, 0.25) is 0 Å². The summed E-state index contributed by atoms with van der Waals surface area (Å²) < 4.78 is 5.17. The molecule has 1 atom stereocenters. The van der Waals surface area contributed by atoms with Crippen molar-refractivity contribution in [3.05, 3.63) is 66.4 Å². The van der Waals surface area contributed by atoms with Gasteiger partial charge in [-0.3, -0.25) is 9.59 Å². The molecular formula is C20H18N4O3. The molecule has 7 nitrogen and oxygen atoms in total. The van der Waals surface area contributed by atoms with Crippen LogP contribution in [0, 0.1) is 0 Å². The Morgan fingerprint density at radius 3 is 2.81 bits per heavy atom. The number of aromatic amines is 1. The van der Waals surface area contributed by atoms with Gasteiger partial charge in [0.25, 0.3) is 5.91 Å². The molecule has 1 unspecified atom stereocenters. The molecule has 3 heterocycles. The fraction of sp³-hybridized carbons (Fsp3) is 0.150. The first-order chi connectivity index (χ1) is 13.1. The van der Waals surface area contributed by atoms with Gasteiger partial charge in [0.15, 0.2) is 0 Å². The monoisotopic (exact) mass is 362 g/mol. The van der Waals surface area contributed by atoms with Gasteiger partial charge in [-0.1, -0.05) is 18.2 Å². The van der Waals surface area contributed by atoms with E-state index in [9.17, 15) is 9.59 Å².